The molecule has 1 saturated heterocycles. The molecule has 1 aliphatic carbocycles. The van der Waals surface area contributed by atoms with Gasteiger partial charge in [-0.2, -0.15) is 0 Å². The Morgan fingerprint density at radius 3 is 2.10 bits per heavy atom. The van der Waals surface area contributed by atoms with Gasteiger partial charge in [-0.25, -0.2) is 21.6 Å². The molecule has 0 bridgehead atoms. The molecule has 2 fully saturated rings. The van der Waals surface area contributed by atoms with Crippen LogP contribution >= 0.6 is 0 Å². The van der Waals surface area contributed by atoms with Gasteiger partial charge in [-0.05, 0) is 25.7 Å². The van der Waals surface area contributed by atoms with Crippen molar-refractivity contribution in [2.45, 2.75) is 62.2 Å². The molecule has 0 spiro atoms. The summed E-state index contributed by atoms with van der Waals surface area (Å²) in [6.07, 6.45) is 5.53. The number of aliphatic hydroxyl groups is 1. The minimum Gasteiger partial charge on any atom is -0.389 e. The lowest BCUT2D eigenvalue weighted by Gasteiger charge is -2.29. The second-order valence-electron chi connectivity index (χ2n) is 6.36. The Labute approximate surface area is 127 Å². The Morgan fingerprint density at radius 1 is 1.05 bits per heavy atom. The van der Waals surface area contributed by atoms with Crippen LogP contribution in [0, 0.1) is 0 Å². The summed E-state index contributed by atoms with van der Waals surface area (Å²) in [5, 5.41) is 9.82. The second kappa shape index (κ2) is 6.52. The molecule has 1 saturated carbocycles. The van der Waals surface area contributed by atoms with Crippen LogP contribution in [0.25, 0.3) is 0 Å². The lowest BCUT2D eigenvalue weighted by Crippen LogP contribution is -2.47. The largest absolute Gasteiger partial charge is 0.389 e. The minimum absolute atomic E-state index is 0.0403. The van der Waals surface area contributed by atoms with Gasteiger partial charge in [0.15, 0.2) is 0 Å². The van der Waals surface area contributed by atoms with Gasteiger partial charge < -0.3 is 5.11 Å². The molecule has 124 valence electrons. The van der Waals surface area contributed by atoms with Gasteiger partial charge in [0.25, 0.3) is 0 Å². The van der Waals surface area contributed by atoms with Crippen molar-refractivity contribution in [3.05, 3.63) is 0 Å². The van der Waals surface area contributed by atoms with Crippen molar-refractivity contribution < 1.29 is 21.9 Å². The van der Waals surface area contributed by atoms with E-state index in [0.717, 1.165) is 25.7 Å². The third-order valence-electron chi connectivity index (χ3n) is 4.58. The molecule has 2 N–H and O–H groups in total. The number of hydrogen-bond acceptors (Lipinski definition) is 5. The predicted molar refractivity (Wildman–Crippen MR) is 81.3 cm³/mol. The topological polar surface area (TPSA) is 101 Å². The van der Waals surface area contributed by atoms with Gasteiger partial charge in [0.1, 0.15) is 9.84 Å². The molecule has 0 aromatic rings. The van der Waals surface area contributed by atoms with Crippen molar-refractivity contribution in [1.82, 2.24) is 4.72 Å². The van der Waals surface area contributed by atoms with Crippen LogP contribution in [0.3, 0.4) is 0 Å². The van der Waals surface area contributed by atoms with E-state index in [0.29, 0.717) is 12.8 Å². The predicted octanol–water partition coefficient (Wildman–Crippen LogP) is 0.568. The molecule has 0 atom stereocenters. The van der Waals surface area contributed by atoms with E-state index >= 15 is 0 Å². The quantitative estimate of drug-likeness (QED) is 0.729. The first kappa shape index (κ1) is 17.2. The van der Waals surface area contributed by atoms with Crippen LogP contribution in [0.15, 0.2) is 0 Å². The Balaban J connectivity index is 1.92. The van der Waals surface area contributed by atoms with Gasteiger partial charge in [-0.3, -0.25) is 0 Å². The van der Waals surface area contributed by atoms with Crippen LogP contribution in [0.1, 0.15) is 51.4 Å². The van der Waals surface area contributed by atoms with Crippen molar-refractivity contribution in [1.29, 1.82) is 0 Å². The smallest absolute Gasteiger partial charge is 0.214 e. The van der Waals surface area contributed by atoms with Gasteiger partial charge in [0.2, 0.25) is 10.0 Å². The van der Waals surface area contributed by atoms with E-state index in [2.05, 4.69) is 4.72 Å². The molecule has 6 nitrogen and oxygen atoms in total. The molecule has 0 unspecified atom stereocenters. The number of hydrogen-bond donors (Lipinski definition) is 2. The average Bonchev–Trinajstić information content (AvgIpc) is 2.62. The van der Waals surface area contributed by atoms with E-state index in [4.69, 9.17) is 0 Å². The van der Waals surface area contributed by atoms with E-state index in [1.54, 1.807) is 0 Å². The molecule has 0 radical (unpaired) electrons. The second-order valence-corrected chi connectivity index (χ2v) is 10.7. The summed E-state index contributed by atoms with van der Waals surface area (Å²) in [6, 6.07) is 0. The zero-order chi connectivity index (χ0) is 15.6. The van der Waals surface area contributed by atoms with Gasteiger partial charge in [0.05, 0.1) is 22.4 Å². The van der Waals surface area contributed by atoms with E-state index in [1.165, 1.54) is 0 Å². The van der Waals surface area contributed by atoms with Crippen molar-refractivity contribution in [2.24, 2.45) is 0 Å². The summed E-state index contributed by atoms with van der Waals surface area (Å²) in [5.74, 6) is -0.133. The van der Waals surface area contributed by atoms with Gasteiger partial charge in [0, 0.05) is 6.54 Å². The summed E-state index contributed by atoms with van der Waals surface area (Å²) in [4.78, 5) is 0. The molecule has 0 aromatic carbocycles. The number of sulfone groups is 1. The van der Waals surface area contributed by atoms with Gasteiger partial charge in [-0.1, -0.05) is 25.7 Å². The maximum Gasteiger partial charge on any atom is 0.214 e. The summed E-state index contributed by atoms with van der Waals surface area (Å²) in [7, 11) is -6.63. The van der Waals surface area contributed by atoms with E-state index < -0.39 is 30.7 Å². The van der Waals surface area contributed by atoms with Crippen LogP contribution in [-0.4, -0.2) is 50.8 Å². The fraction of sp³-hybridized carbons (Fsp3) is 1.00. The lowest BCUT2D eigenvalue weighted by atomic mass is 9.95. The maximum absolute atomic E-state index is 12.3. The molecule has 2 aliphatic rings. The molecule has 2 rings (SSSR count). The van der Waals surface area contributed by atoms with Crippen molar-refractivity contribution in [3.8, 4) is 0 Å². The molecule has 1 heterocycles. The number of sulfonamides is 1. The molecule has 8 heteroatoms. The van der Waals surface area contributed by atoms with Gasteiger partial charge >= 0.3 is 0 Å². The van der Waals surface area contributed by atoms with Crippen molar-refractivity contribution in [3.63, 3.8) is 0 Å². The average molecular weight is 339 g/mol. The SMILES string of the molecule is O=S1(=O)CCC(S(=O)(=O)NCC2(O)CCCCCC2)CC1. The highest BCUT2D eigenvalue weighted by molar-refractivity contribution is 7.92. The van der Waals surface area contributed by atoms with E-state index in [1.807, 2.05) is 0 Å². The highest BCUT2D eigenvalue weighted by Gasteiger charge is 2.35. The van der Waals surface area contributed by atoms with Crippen molar-refractivity contribution in [2.75, 3.05) is 18.1 Å². The summed E-state index contributed by atoms with van der Waals surface area (Å²) in [5.41, 5.74) is -0.954. The van der Waals surface area contributed by atoms with E-state index in [-0.39, 0.29) is 30.9 Å². The van der Waals surface area contributed by atoms with Crippen LogP contribution < -0.4 is 4.72 Å². The first-order valence-corrected chi connectivity index (χ1v) is 11.0. The third-order valence-corrected chi connectivity index (χ3v) is 8.19. The molecular formula is C13H25NO5S2. The lowest BCUT2D eigenvalue weighted by molar-refractivity contribution is 0.0302. The molecule has 0 amide bonds. The maximum atomic E-state index is 12.3. The summed E-state index contributed by atoms with van der Waals surface area (Å²) < 4.78 is 49.7. The zero-order valence-corrected chi connectivity index (χ0v) is 13.9. The molecule has 1 aliphatic heterocycles. The highest BCUT2D eigenvalue weighted by Crippen LogP contribution is 2.27. The molecule has 21 heavy (non-hydrogen) atoms. The number of nitrogens with one attached hydrogen (secondary N) is 1. The molecular weight excluding hydrogens is 314 g/mol. The Bertz CT molecular complexity index is 533. The fourth-order valence-corrected chi connectivity index (χ4v) is 6.45. The molecule has 0 aromatic heterocycles. The Hall–Kier alpha value is -0.180. The zero-order valence-electron chi connectivity index (χ0n) is 12.3. The highest BCUT2D eigenvalue weighted by atomic mass is 32.2. The summed E-state index contributed by atoms with van der Waals surface area (Å²) >= 11 is 0. The Kier molecular flexibility index (Phi) is 5.33. The summed E-state index contributed by atoms with van der Waals surface area (Å²) in [6.45, 7) is 0.0403. The Morgan fingerprint density at radius 2 is 1.57 bits per heavy atom. The van der Waals surface area contributed by atoms with Crippen LogP contribution in [-0.2, 0) is 19.9 Å². The van der Waals surface area contributed by atoms with Crippen molar-refractivity contribution >= 4 is 19.9 Å². The number of rotatable bonds is 4. The van der Waals surface area contributed by atoms with Gasteiger partial charge in [-0.15, -0.1) is 0 Å². The standard InChI is InChI=1S/C13H25NO5S2/c15-13(7-3-1-2-4-8-13)11-14-21(18,19)12-5-9-20(16,17)10-6-12/h12,14-15H,1-11H2. The van der Waals surface area contributed by atoms with Crippen LogP contribution in [0.4, 0.5) is 0 Å². The van der Waals surface area contributed by atoms with Crippen LogP contribution in [0.2, 0.25) is 0 Å². The van der Waals surface area contributed by atoms with E-state index in [9.17, 15) is 21.9 Å². The van der Waals surface area contributed by atoms with Crippen LogP contribution in [0.5, 0.6) is 0 Å². The monoisotopic (exact) mass is 339 g/mol. The first-order valence-electron chi connectivity index (χ1n) is 7.64. The third kappa shape index (κ3) is 4.91. The fourth-order valence-electron chi connectivity index (χ4n) is 3.09. The first-order chi connectivity index (χ1) is 9.73. The normalized spacial score (nSPS) is 27.1. The minimum atomic E-state index is -3.56.